The van der Waals surface area contributed by atoms with Gasteiger partial charge in [0.1, 0.15) is 13.2 Å². The highest BCUT2D eigenvalue weighted by Crippen LogP contribution is 2.34. The molecule has 0 saturated carbocycles. The molecule has 2 aromatic rings. The van der Waals surface area contributed by atoms with Crippen molar-refractivity contribution >= 4 is 23.0 Å². The van der Waals surface area contributed by atoms with Gasteiger partial charge < -0.3 is 25.6 Å². The normalized spacial score (nSPS) is 12.8. The molecule has 0 saturated heterocycles. The number of hydrogen-bond donors (Lipinski definition) is 3. The standard InChI is InChI=1S/C15H14N2O4/c16-9-1-3-11(15(18)19)12(7-9)17-10-2-4-13-14(8-10)21-6-5-20-13/h1-4,7-8,17H,5-6,16H2,(H,18,19). The lowest BCUT2D eigenvalue weighted by molar-refractivity contribution is 0.0698. The SMILES string of the molecule is Nc1ccc(C(=O)O)c(Nc2ccc3c(c2)OCCO3)c1. The lowest BCUT2D eigenvalue weighted by Gasteiger charge is -2.19. The van der Waals surface area contributed by atoms with Crippen LogP contribution in [0.3, 0.4) is 0 Å². The van der Waals surface area contributed by atoms with Gasteiger partial charge in [-0.3, -0.25) is 0 Å². The second-order valence-corrected chi connectivity index (χ2v) is 4.59. The highest BCUT2D eigenvalue weighted by molar-refractivity contribution is 5.96. The van der Waals surface area contributed by atoms with Gasteiger partial charge in [-0.2, -0.15) is 0 Å². The van der Waals surface area contributed by atoms with Gasteiger partial charge in [0.05, 0.1) is 11.3 Å². The minimum absolute atomic E-state index is 0.152. The molecule has 2 aromatic carbocycles. The number of nitrogens with two attached hydrogens (primary N) is 1. The molecule has 6 nitrogen and oxygen atoms in total. The zero-order valence-electron chi connectivity index (χ0n) is 11.1. The Morgan fingerprint density at radius 3 is 2.62 bits per heavy atom. The first-order valence-corrected chi connectivity index (χ1v) is 6.43. The van der Waals surface area contributed by atoms with Crippen molar-refractivity contribution in [1.29, 1.82) is 0 Å². The highest BCUT2D eigenvalue weighted by Gasteiger charge is 2.14. The molecule has 21 heavy (non-hydrogen) atoms. The third-order valence-electron chi connectivity index (χ3n) is 3.10. The third-order valence-corrected chi connectivity index (χ3v) is 3.10. The predicted molar refractivity (Wildman–Crippen MR) is 78.5 cm³/mol. The van der Waals surface area contributed by atoms with Crippen LogP contribution in [0.2, 0.25) is 0 Å². The molecular formula is C15H14N2O4. The molecule has 0 aromatic heterocycles. The molecule has 1 aliphatic heterocycles. The number of nitrogens with one attached hydrogen (secondary N) is 1. The molecule has 108 valence electrons. The van der Waals surface area contributed by atoms with Crippen LogP contribution in [0.4, 0.5) is 17.1 Å². The third kappa shape index (κ3) is 2.69. The summed E-state index contributed by atoms with van der Waals surface area (Å²) in [5, 5.41) is 12.2. The van der Waals surface area contributed by atoms with Crippen molar-refractivity contribution in [3.63, 3.8) is 0 Å². The van der Waals surface area contributed by atoms with Crippen molar-refractivity contribution in [2.24, 2.45) is 0 Å². The molecule has 0 spiro atoms. The summed E-state index contributed by atoms with van der Waals surface area (Å²) < 4.78 is 10.9. The van der Waals surface area contributed by atoms with Crippen LogP contribution in [0.15, 0.2) is 36.4 Å². The van der Waals surface area contributed by atoms with Crippen molar-refractivity contribution in [2.75, 3.05) is 24.3 Å². The van der Waals surface area contributed by atoms with Gasteiger partial charge in [0.2, 0.25) is 0 Å². The average molecular weight is 286 g/mol. The lowest BCUT2D eigenvalue weighted by Crippen LogP contribution is -2.15. The molecule has 1 aliphatic rings. The molecule has 0 amide bonds. The van der Waals surface area contributed by atoms with E-state index in [9.17, 15) is 9.90 Å². The van der Waals surface area contributed by atoms with Crippen molar-refractivity contribution in [3.8, 4) is 11.5 Å². The van der Waals surface area contributed by atoms with E-state index < -0.39 is 5.97 Å². The van der Waals surface area contributed by atoms with Crippen molar-refractivity contribution in [2.45, 2.75) is 0 Å². The van der Waals surface area contributed by atoms with Gasteiger partial charge in [-0.15, -0.1) is 0 Å². The lowest BCUT2D eigenvalue weighted by atomic mass is 10.1. The van der Waals surface area contributed by atoms with Crippen molar-refractivity contribution in [1.82, 2.24) is 0 Å². The van der Waals surface area contributed by atoms with Gasteiger partial charge in [0, 0.05) is 17.4 Å². The zero-order chi connectivity index (χ0) is 14.8. The molecule has 1 heterocycles. The number of nitrogen functional groups attached to an aromatic ring is 1. The summed E-state index contributed by atoms with van der Waals surface area (Å²) in [6, 6.07) is 9.95. The molecule has 3 rings (SSSR count). The van der Waals surface area contributed by atoms with Gasteiger partial charge >= 0.3 is 5.97 Å². The molecule has 0 unspecified atom stereocenters. The van der Waals surface area contributed by atoms with Crippen LogP contribution < -0.4 is 20.5 Å². The summed E-state index contributed by atoms with van der Waals surface area (Å²) in [4.78, 5) is 11.2. The summed E-state index contributed by atoms with van der Waals surface area (Å²) in [6.45, 7) is 1.02. The number of fused-ring (bicyclic) bond motifs is 1. The van der Waals surface area contributed by atoms with E-state index in [4.69, 9.17) is 15.2 Å². The van der Waals surface area contributed by atoms with Gasteiger partial charge in [0.25, 0.3) is 0 Å². The molecule has 0 atom stereocenters. The maximum Gasteiger partial charge on any atom is 0.337 e. The van der Waals surface area contributed by atoms with E-state index in [1.54, 1.807) is 30.3 Å². The van der Waals surface area contributed by atoms with Crippen LogP contribution in [0.25, 0.3) is 0 Å². The first-order chi connectivity index (χ1) is 10.1. The number of benzene rings is 2. The monoisotopic (exact) mass is 286 g/mol. The Kier molecular flexibility index (Phi) is 3.27. The first kappa shape index (κ1) is 13.1. The Morgan fingerprint density at radius 1 is 1.10 bits per heavy atom. The number of carboxylic acids is 1. The number of aromatic carboxylic acids is 1. The number of hydrogen-bond acceptors (Lipinski definition) is 5. The Balaban J connectivity index is 1.93. The number of rotatable bonds is 3. The quantitative estimate of drug-likeness (QED) is 0.750. The minimum Gasteiger partial charge on any atom is -0.486 e. The molecule has 0 fully saturated rings. The maximum absolute atomic E-state index is 11.2. The number of anilines is 3. The Labute approximate surface area is 121 Å². The molecule has 0 radical (unpaired) electrons. The minimum atomic E-state index is -1.02. The smallest absolute Gasteiger partial charge is 0.337 e. The van der Waals surface area contributed by atoms with Gasteiger partial charge in [-0.25, -0.2) is 4.79 Å². The van der Waals surface area contributed by atoms with E-state index >= 15 is 0 Å². The number of carbonyl (C=O) groups is 1. The summed E-state index contributed by atoms with van der Waals surface area (Å²) in [6.07, 6.45) is 0. The van der Waals surface area contributed by atoms with Crippen molar-refractivity contribution in [3.05, 3.63) is 42.0 Å². The van der Waals surface area contributed by atoms with Crippen LogP contribution in [-0.2, 0) is 0 Å². The fraction of sp³-hybridized carbons (Fsp3) is 0.133. The average Bonchev–Trinajstić information content (AvgIpc) is 2.47. The fourth-order valence-electron chi connectivity index (χ4n) is 2.13. The predicted octanol–water partition coefficient (Wildman–Crippen LogP) is 2.48. The maximum atomic E-state index is 11.2. The van der Waals surface area contributed by atoms with Gasteiger partial charge in [-0.05, 0) is 30.3 Å². The van der Waals surface area contributed by atoms with E-state index in [0.29, 0.717) is 41.8 Å². The summed E-state index contributed by atoms with van der Waals surface area (Å²) in [5.74, 6) is 0.292. The van der Waals surface area contributed by atoms with Crippen LogP contribution >= 0.6 is 0 Å². The molecule has 4 N–H and O–H groups in total. The molecule has 0 aliphatic carbocycles. The van der Waals surface area contributed by atoms with Gasteiger partial charge in [-0.1, -0.05) is 0 Å². The van der Waals surface area contributed by atoms with Crippen LogP contribution in [-0.4, -0.2) is 24.3 Å². The van der Waals surface area contributed by atoms with E-state index in [2.05, 4.69) is 5.32 Å². The molecule has 0 bridgehead atoms. The van der Waals surface area contributed by atoms with E-state index in [1.165, 1.54) is 6.07 Å². The first-order valence-electron chi connectivity index (χ1n) is 6.43. The van der Waals surface area contributed by atoms with Crippen LogP contribution in [0.1, 0.15) is 10.4 Å². The molecular weight excluding hydrogens is 272 g/mol. The van der Waals surface area contributed by atoms with Crippen LogP contribution in [0, 0.1) is 0 Å². The van der Waals surface area contributed by atoms with Crippen molar-refractivity contribution < 1.29 is 19.4 Å². The molecule has 6 heteroatoms. The van der Waals surface area contributed by atoms with E-state index in [-0.39, 0.29) is 5.56 Å². The largest absolute Gasteiger partial charge is 0.486 e. The highest BCUT2D eigenvalue weighted by atomic mass is 16.6. The summed E-state index contributed by atoms with van der Waals surface area (Å²) >= 11 is 0. The number of ether oxygens (including phenoxy) is 2. The Bertz CT molecular complexity index is 700. The van der Waals surface area contributed by atoms with Crippen LogP contribution in [0.5, 0.6) is 11.5 Å². The summed E-state index contributed by atoms with van der Waals surface area (Å²) in [5.41, 5.74) is 7.48. The summed E-state index contributed by atoms with van der Waals surface area (Å²) in [7, 11) is 0. The zero-order valence-corrected chi connectivity index (χ0v) is 11.1. The second-order valence-electron chi connectivity index (χ2n) is 4.59. The fourth-order valence-corrected chi connectivity index (χ4v) is 2.13. The number of carboxylic acid groups (broad SMARTS) is 1. The topological polar surface area (TPSA) is 93.8 Å². The van der Waals surface area contributed by atoms with E-state index in [0.717, 1.165) is 0 Å². The Hall–Kier alpha value is -2.89. The van der Waals surface area contributed by atoms with Gasteiger partial charge in [0.15, 0.2) is 11.5 Å². The Morgan fingerprint density at radius 2 is 1.86 bits per heavy atom. The second kappa shape index (κ2) is 5.24. The van der Waals surface area contributed by atoms with E-state index in [1.807, 2.05) is 0 Å².